The second-order valence-corrected chi connectivity index (χ2v) is 7.27. The van der Waals surface area contributed by atoms with Gasteiger partial charge in [-0.3, -0.25) is 4.79 Å². The Balaban J connectivity index is 1.94. The van der Waals surface area contributed by atoms with Crippen LogP contribution in [0.3, 0.4) is 0 Å². The summed E-state index contributed by atoms with van der Waals surface area (Å²) in [5, 5.41) is 13.9. The Labute approximate surface area is 157 Å². The highest BCUT2D eigenvalue weighted by molar-refractivity contribution is 6.24. The lowest BCUT2D eigenvalue weighted by atomic mass is 9.85. The van der Waals surface area contributed by atoms with Crippen molar-refractivity contribution in [2.75, 3.05) is 13.2 Å². The molecule has 140 valence electrons. The first-order chi connectivity index (χ1) is 12.9. The van der Waals surface area contributed by atoms with Gasteiger partial charge in [-0.15, -0.1) is 0 Å². The zero-order valence-electron chi connectivity index (χ0n) is 15.4. The lowest BCUT2D eigenvalue weighted by molar-refractivity contribution is -0.117. The molecule has 2 heterocycles. The fourth-order valence-corrected chi connectivity index (χ4v) is 4.17. The molecule has 5 heteroatoms. The van der Waals surface area contributed by atoms with Gasteiger partial charge in [-0.05, 0) is 42.2 Å². The molecule has 0 saturated carbocycles. The summed E-state index contributed by atoms with van der Waals surface area (Å²) in [6.07, 6.45) is 1.01. The zero-order chi connectivity index (χ0) is 19.2. The predicted molar refractivity (Wildman–Crippen MR) is 102 cm³/mol. The second-order valence-electron chi connectivity index (χ2n) is 7.27. The molecule has 2 aliphatic heterocycles. The van der Waals surface area contributed by atoms with E-state index >= 15 is 0 Å². The minimum atomic E-state index is -0.803. The molecular formula is C22H22FNO3. The SMILES string of the molecule is Cc1c(F)cc(-c2ccccc2)c(C)c1C1=C(O)C2(CCOCC2)NC1=O. The van der Waals surface area contributed by atoms with Crippen LogP contribution in [0.2, 0.25) is 0 Å². The molecule has 2 aromatic carbocycles. The molecule has 1 fully saturated rings. The van der Waals surface area contributed by atoms with Crippen LogP contribution in [0.1, 0.15) is 29.5 Å². The van der Waals surface area contributed by atoms with Crippen LogP contribution < -0.4 is 5.32 Å². The van der Waals surface area contributed by atoms with E-state index in [1.54, 1.807) is 6.92 Å². The maximum absolute atomic E-state index is 14.8. The van der Waals surface area contributed by atoms with Crippen LogP contribution in [0.5, 0.6) is 0 Å². The lowest BCUT2D eigenvalue weighted by Gasteiger charge is -2.33. The van der Waals surface area contributed by atoms with E-state index < -0.39 is 11.4 Å². The molecule has 0 atom stereocenters. The third-order valence-electron chi connectivity index (χ3n) is 5.73. The summed E-state index contributed by atoms with van der Waals surface area (Å²) in [5.74, 6) is -0.743. The van der Waals surface area contributed by atoms with Gasteiger partial charge in [0.25, 0.3) is 5.91 Å². The van der Waals surface area contributed by atoms with E-state index in [0.717, 1.165) is 16.7 Å². The first kappa shape index (κ1) is 17.7. The number of hydrogen-bond donors (Lipinski definition) is 2. The number of hydrogen-bond acceptors (Lipinski definition) is 3. The van der Waals surface area contributed by atoms with Gasteiger partial charge in [0.05, 0.1) is 5.57 Å². The molecule has 1 spiro atoms. The van der Waals surface area contributed by atoms with Crippen LogP contribution in [0.25, 0.3) is 16.7 Å². The maximum Gasteiger partial charge on any atom is 0.256 e. The summed E-state index contributed by atoms with van der Waals surface area (Å²) >= 11 is 0. The van der Waals surface area contributed by atoms with Crippen molar-refractivity contribution in [3.63, 3.8) is 0 Å². The fourth-order valence-electron chi connectivity index (χ4n) is 4.17. The van der Waals surface area contributed by atoms with E-state index in [2.05, 4.69) is 5.32 Å². The largest absolute Gasteiger partial charge is 0.509 e. The van der Waals surface area contributed by atoms with Crippen LogP contribution in [0.4, 0.5) is 4.39 Å². The maximum atomic E-state index is 14.8. The Morgan fingerprint density at radius 2 is 1.78 bits per heavy atom. The number of carbonyl (C=O) groups is 1. The van der Waals surface area contributed by atoms with E-state index in [1.165, 1.54) is 6.07 Å². The van der Waals surface area contributed by atoms with Crippen molar-refractivity contribution >= 4 is 11.5 Å². The third kappa shape index (κ3) is 2.73. The van der Waals surface area contributed by atoms with Crippen molar-refractivity contribution in [2.45, 2.75) is 32.2 Å². The van der Waals surface area contributed by atoms with Gasteiger partial charge in [-0.2, -0.15) is 0 Å². The number of halogens is 1. The molecule has 0 radical (unpaired) electrons. The van der Waals surface area contributed by atoms with E-state index in [-0.39, 0.29) is 17.2 Å². The van der Waals surface area contributed by atoms with E-state index in [9.17, 15) is 14.3 Å². The fraction of sp³-hybridized carbons (Fsp3) is 0.318. The molecular weight excluding hydrogens is 345 g/mol. The normalized spacial score (nSPS) is 18.9. The first-order valence-corrected chi connectivity index (χ1v) is 9.14. The summed E-state index contributed by atoms with van der Waals surface area (Å²) in [6.45, 7) is 4.45. The van der Waals surface area contributed by atoms with Gasteiger partial charge in [-0.25, -0.2) is 4.39 Å². The van der Waals surface area contributed by atoms with Gasteiger partial charge >= 0.3 is 0 Å². The van der Waals surface area contributed by atoms with Gasteiger partial charge in [-0.1, -0.05) is 30.3 Å². The standard InChI is InChI=1S/C22H22FNO3/c1-13-16(15-6-4-3-5-7-15)12-17(23)14(2)18(13)19-20(25)22(24-21(19)26)8-10-27-11-9-22/h3-7,12,25H,8-11H2,1-2H3,(H,24,26). The zero-order valence-corrected chi connectivity index (χ0v) is 15.4. The minimum Gasteiger partial charge on any atom is -0.509 e. The summed E-state index contributed by atoms with van der Waals surface area (Å²) in [5.41, 5.74) is 2.59. The highest BCUT2D eigenvalue weighted by atomic mass is 19.1. The highest BCUT2D eigenvalue weighted by Gasteiger charge is 2.47. The summed E-state index contributed by atoms with van der Waals surface area (Å²) in [7, 11) is 0. The second kappa shape index (κ2) is 6.50. The van der Waals surface area contributed by atoms with Gasteiger partial charge in [0.2, 0.25) is 0 Å². The molecule has 0 bridgehead atoms. The van der Waals surface area contributed by atoms with Crippen molar-refractivity contribution in [3.05, 3.63) is 64.7 Å². The van der Waals surface area contributed by atoms with Crippen molar-refractivity contribution in [2.24, 2.45) is 0 Å². The molecule has 0 unspecified atom stereocenters. The molecule has 2 aliphatic rings. The van der Waals surface area contributed by atoms with Gasteiger partial charge in [0.1, 0.15) is 17.1 Å². The van der Waals surface area contributed by atoms with E-state index in [1.807, 2.05) is 37.3 Å². The topological polar surface area (TPSA) is 58.6 Å². The average molecular weight is 367 g/mol. The monoisotopic (exact) mass is 367 g/mol. The third-order valence-corrected chi connectivity index (χ3v) is 5.73. The Kier molecular flexibility index (Phi) is 4.27. The lowest BCUT2D eigenvalue weighted by Crippen LogP contribution is -2.48. The smallest absolute Gasteiger partial charge is 0.256 e. The number of amides is 1. The summed E-state index contributed by atoms with van der Waals surface area (Å²) < 4.78 is 20.2. The van der Waals surface area contributed by atoms with Crippen LogP contribution in [0, 0.1) is 19.7 Å². The van der Waals surface area contributed by atoms with Crippen LogP contribution in [0.15, 0.2) is 42.2 Å². The molecule has 4 rings (SSSR count). The van der Waals surface area contributed by atoms with Crippen molar-refractivity contribution in [3.8, 4) is 11.1 Å². The Morgan fingerprint density at radius 1 is 1.11 bits per heavy atom. The number of carbonyl (C=O) groups excluding carboxylic acids is 1. The number of ether oxygens (including phenoxy) is 1. The molecule has 0 aliphatic carbocycles. The molecule has 2 aromatic rings. The first-order valence-electron chi connectivity index (χ1n) is 9.14. The van der Waals surface area contributed by atoms with Gasteiger partial charge in [0, 0.05) is 31.6 Å². The highest BCUT2D eigenvalue weighted by Crippen LogP contribution is 2.42. The number of aliphatic hydroxyl groups excluding tert-OH is 1. The molecule has 4 nitrogen and oxygen atoms in total. The Bertz CT molecular complexity index is 944. The molecule has 0 aromatic heterocycles. The van der Waals surface area contributed by atoms with Crippen molar-refractivity contribution < 1.29 is 19.0 Å². The number of aliphatic hydroxyl groups is 1. The molecule has 2 N–H and O–H groups in total. The van der Waals surface area contributed by atoms with Crippen molar-refractivity contribution in [1.82, 2.24) is 5.32 Å². The number of rotatable bonds is 2. The predicted octanol–water partition coefficient (Wildman–Crippen LogP) is 4.06. The number of benzene rings is 2. The molecule has 1 saturated heterocycles. The van der Waals surface area contributed by atoms with Crippen LogP contribution >= 0.6 is 0 Å². The van der Waals surface area contributed by atoms with Gasteiger partial charge < -0.3 is 15.2 Å². The number of nitrogens with one attached hydrogen (secondary N) is 1. The van der Waals surface area contributed by atoms with E-state index in [0.29, 0.717) is 37.2 Å². The summed E-state index contributed by atoms with van der Waals surface area (Å²) in [6, 6.07) is 11.0. The Morgan fingerprint density at radius 3 is 2.44 bits per heavy atom. The molecule has 1 amide bonds. The Hall–Kier alpha value is -2.66. The van der Waals surface area contributed by atoms with E-state index in [4.69, 9.17) is 4.74 Å². The minimum absolute atomic E-state index is 0.00612. The average Bonchev–Trinajstić information content (AvgIpc) is 2.90. The summed E-state index contributed by atoms with van der Waals surface area (Å²) in [4.78, 5) is 12.8. The molecule has 27 heavy (non-hydrogen) atoms. The van der Waals surface area contributed by atoms with Crippen LogP contribution in [-0.2, 0) is 9.53 Å². The van der Waals surface area contributed by atoms with Crippen LogP contribution in [-0.4, -0.2) is 29.8 Å². The quantitative estimate of drug-likeness (QED) is 0.842. The van der Waals surface area contributed by atoms with Gasteiger partial charge in [0.15, 0.2) is 0 Å². The van der Waals surface area contributed by atoms with Crippen molar-refractivity contribution in [1.29, 1.82) is 0 Å².